The molecule has 0 radical (unpaired) electrons. The van der Waals surface area contributed by atoms with Crippen LogP contribution >= 0.6 is 0 Å². The van der Waals surface area contributed by atoms with Crippen molar-refractivity contribution in [2.45, 2.75) is 31.9 Å². The lowest BCUT2D eigenvalue weighted by Crippen LogP contribution is -2.35. The van der Waals surface area contributed by atoms with Crippen molar-refractivity contribution < 1.29 is 4.74 Å². The predicted molar refractivity (Wildman–Crippen MR) is 37.5 cm³/mol. The summed E-state index contributed by atoms with van der Waals surface area (Å²) in [5.74, 6) is 0. The van der Waals surface area contributed by atoms with E-state index in [0.717, 1.165) is 13.0 Å². The van der Waals surface area contributed by atoms with Crippen LogP contribution in [0.3, 0.4) is 0 Å². The van der Waals surface area contributed by atoms with E-state index in [0.29, 0.717) is 12.1 Å². The summed E-state index contributed by atoms with van der Waals surface area (Å²) in [4.78, 5) is 0. The minimum absolute atomic E-state index is 0.455. The molecule has 0 bridgehead atoms. The highest BCUT2D eigenvalue weighted by atomic mass is 16.5. The molecule has 54 valence electrons. The molecule has 2 heteroatoms. The maximum absolute atomic E-state index is 5.37. The molecule has 1 N–H and O–H groups in total. The molecule has 2 atom stereocenters. The van der Waals surface area contributed by atoms with E-state index in [2.05, 4.69) is 12.2 Å². The van der Waals surface area contributed by atoms with Crippen LogP contribution in [0.1, 0.15) is 19.8 Å². The Morgan fingerprint density at radius 2 is 2.33 bits per heavy atom. The van der Waals surface area contributed by atoms with Crippen molar-refractivity contribution in [2.75, 3.05) is 13.7 Å². The van der Waals surface area contributed by atoms with Gasteiger partial charge < -0.3 is 10.1 Å². The number of nitrogens with one attached hydrogen (secondary N) is 1. The van der Waals surface area contributed by atoms with Gasteiger partial charge in [0.2, 0.25) is 0 Å². The zero-order valence-corrected chi connectivity index (χ0v) is 6.18. The molecule has 1 aliphatic rings. The van der Waals surface area contributed by atoms with Gasteiger partial charge in [0, 0.05) is 12.6 Å². The number of rotatable bonds is 1. The summed E-state index contributed by atoms with van der Waals surface area (Å²) in [5.41, 5.74) is 0. The van der Waals surface area contributed by atoms with E-state index in [1.807, 2.05) is 7.05 Å². The van der Waals surface area contributed by atoms with Crippen molar-refractivity contribution in [1.82, 2.24) is 5.32 Å². The molecule has 0 saturated carbocycles. The lowest BCUT2D eigenvalue weighted by molar-refractivity contribution is 0.0147. The largest absolute Gasteiger partial charge is 0.378 e. The van der Waals surface area contributed by atoms with Crippen LogP contribution in [0.4, 0.5) is 0 Å². The van der Waals surface area contributed by atoms with Gasteiger partial charge in [-0.1, -0.05) is 0 Å². The standard InChI is InChI=1S/C7H15NO/c1-6-5-7(8-2)3-4-9-6/h6-8H,3-5H2,1-2H3/t6-,7-/m1/s1. The highest BCUT2D eigenvalue weighted by Gasteiger charge is 2.16. The highest BCUT2D eigenvalue weighted by Crippen LogP contribution is 2.11. The van der Waals surface area contributed by atoms with Crippen LogP contribution < -0.4 is 5.32 Å². The molecular weight excluding hydrogens is 114 g/mol. The van der Waals surface area contributed by atoms with Gasteiger partial charge in [0.05, 0.1) is 6.10 Å². The molecule has 1 saturated heterocycles. The van der Waals surface area contributed by atoms with Crippen LogP contribution in [-0.2, 0) is 4.74 Å². The monoisotopic (exact) mass is 129 g/mol. The smallest absolute Gasteiger partial charge is 0.0561 e. The molecule has 0 aromatic carbocycles. The van der Waals surface area contributed by atoms with Crippen LogP contribution in [0, 0.1) is 0 Å². The Morgan fingerprint density at radius 1 is 1.56 bits per heavy atom. The van der Waals surface area contributed by atoms with Gasteiger partial charge in [-0.3, -0.25) is 0 Å². The third kappa shape index (κ3) is 1.95. The highest BCUT2D eigenvalue weighted by molar-refractivity contribution is 4.72. The van der Waals surface area contributed by atoms with Gasteiger partial charge in [-0.05, 0) is 26.8 Å². The van der Waals surface area contributed by atoms with Crippen LogP contribution in [-0.4, -0.2) is 25.8 Å². The molecule has 1 rings (SSSR count). The molecule has 1 aliphatic heterocycles. The number of hydrogen-bond donors (Lipinski definition) is 1. The van der Waals surface area contributed by atoms with Crippen LogP contribution in [0.5, 0.6) is 0 Å². The fourth-order valence-corrected chi connectivity index (χ4v) is 1.26. The van der Waals surface area contributed by atoms with E-state index in [1.165, 1.54) is 6.42 Å². The van der Waals surface area contributed by atoms with Gasteiger partial charge >= 0.3 is 0 Å². The fraction of sp³-hybridized carbons (Fsp3) is 1.00. The van der Waals surface area contributed by atoms with E-state index < -0.39 is 0 Å². The second-order valence-electron chi connectivity index (χ2n) is 2.69. The second-order valence-corrected chi connectivity index (χ2v) is 2.69. The Labute approximate surface area is 56.6 Å². The average molecular weight is 129 g/mol. The third-order valence-electron chi connectivity index (χ3n) is 1.89. The molecule has 0 unspecified atom stereocenters. The van der Waals surface area contributed by atoms with Crippen molar-refractivity contribution >= 4 is 0 Å². The Balaban J connectivity index is 2.23. The van der Waals surface area contributed by atoms with Crippen molar-refractivity contribution in [3.05, 3.63) is 0 Å². The van der Waals surface area contributed by atoms with Gasteiger partial charge in [0.1, 0.15) is 0 Å². The topological polar surface area (TPSA) is 21.3 Å². The second kappa shape index (κ2) is 3.18. The van der Waals surface area contributed by atoms with Crippen LogP contribution in [0.15, 0.2) is 0 Å². The maximum atomic E-state index is 5.37. The van der Waals surface area contributed by atoms with Crippen molar-refractivity contribution in [3.63, 3.8) is 0 Å². The van der Waals surface area contributed by atoms with E-state index in [9.17, 15) is 0 Å². The zero-order chi connectivity index (χ0) is 6.69. The van der Waals surface area contributed by atoms with Crippen LogP contribution in [0.25, 0.3) is 0 Å². The Hall–Kier alpha value is -0.0800. The van der Waals surface area contributed by atoms with E-state index in [1.54, 1.807) is 0 Å². The average Bonchev–Trinajstić information content (AvgIpc) is 1.88. The Morgan fingerprint density at radius 3 is 2.78 bits per heavy atom. The Bertz CT molecular complexity index is 85.0. The summed E-state index contributed by atoms with van der Waals surface area (Å²) < 4.78 is 5.37. The molecular formula is C7H15NO. The number of ether oxygens (including phenoxy) is 1. The minimum atomic E-state index is 0.455. The molecule has 0 amide bonds. The first-order chi connectivity index (χ1) is 4.33. The summed E-state index contributed by atoms with van der Waals surface area (Å²) in [6.07, 6.45) is 2.79. The van der Waals surface area contributed by atoms with Gasteiger partial charge in [0.15, 0.2) is 0 Å². The summed E-state index contributed by atoms with van der Waals surface area (Å²) >= 11 is 0. The lowest BCUT2D eigenvalue weighted by Gasteiger charge is -2.26. The van der Waals surface area contributed by atoms with E-state index in [-0.39, 0.29) is 0 Å². The number of hydrogen-bond acceptors (Lipinski definition) is 2. The first-order valence-electron chi connectivity index (χ1n) is 3.62. The zero-order valence-electron chi connectivity index (χ0n) is 6.18. The molecule has 1 fully saturated rings. The molecule has 1 heterocycles. The van der Waals surface area contributed by atoms with Crippen molar-refractivity contribution in [2.24, 2.45) is 0 Å². The van der Waals surface area contributed by atoms with Crippen molar-refractivity contribution in [3.8, 4) is 0 Å². The summed E-state index contributed by atoms with van der Waals surface area (Å²) in [6.45, 7) is 3.05. The van der Waals surface area contributed by atoms with E-state index >= 15 is 0 Å². The predicted octanol–water partition coefficient (Wildman–Crippen LogP) is 0.773. The summed E-state index contributed by atoms with van der Waals surface area (Å²) in [7, 11) is 2.02. The van der Waals surface area contributed by atoms with Gasteiger partial charge in [-0.15, -0.1) is 0 Å². The molecule has 2 nitrogen and oxygen atoms in total. The van der Waals surface area contributed by atoms with Gasteiger partial charge in [-0.25, -0.2) is 0 Å². The third-order valence-corrected chi connectivity index (χ3v) is 1.89. The quantitative estimate of drug-likeness (QED) is 0.564. The van der Waals surface area contributed by atoms with Crippen molar-refractivity contribution in [1.29, 1.82) is 0 Å². The maximum Gasteiger partial charge on any atom is 0.0561 e. The van der Waals surface area contributed by atoms with E-state index in [4.69, 9.17) is 4.74 Å². The lowest BCUT2D eigenvalue weighted by atomic mass is 10.1. The first-order valence-corrected chi connectivity index (χ1v) is 3.62. The molecule has 0 aromatic heterocycles. The molecule has 0 aromatic rings. The van der Waals surface area contributed by atoms with Gasteiger partial charge in [-0.2, -0.15) is 0 Å². The molecule has 0 aliphatic carbocycles. The van der Waals surface area contributed by atoms with Crippen LogP contribution in [0.2, 0.25) is 0 Å². The fourth-order valence-electron chi connectivity index (χ4n) is 1.26. The molecule has 9 heavy (non-hydrogen) atoms. The molecule has 0 spiro atoms. The normalized spacial score (nSPS) is 36.7. The SMILES string of the molecule is CN[C@@H]1CCO[C@H](C)C1. The minimum Gasteiger partial charge on any atom is -0.378 e. The van der Waals surface area contributed by atoms with Gasteiger partial charge in [0.25, 0.3) is 0 Å². The summed E-state index contributed by atoms with van der Waals surface area (Å²) in [6, 6.07) is 0.689. The Kier molecular flexibility index (Phi) is 2.49. The first kappa shape index (κ1) is 7.03. The summed E-state index contributed by atoms with van der Waals surface area (Å²) in [5, 5.41) is 3.25.